The van der Waals surface area contributed by atoms with E-state index in [0.29, 0.717) is 12.2 Å². The van der Waals surface area contributed by atoms with Gasteiger partial charge in [-0.25, -0.2) is 4.39 Å². The van der Waals surface area contributed by atoms with E-state index in [-0.39, 0.29) is 18.0 Å². The smallest absolute Gasteiger partial charge is 0.165 e. The molecular weight excluding hydrogens is 217 g/mol. The molecule has 0 saturated heterocycles. The quantitative estimate of drug-likeness (QED) is 0.772. The van der Waals surface area contributed by atoms with Crippen molar-refractivity contribution in [1.29, 1.82) is 0 Å². The number of ether oxygens (including phenoxy) is 1. The lowest BCUT2D eigenvalue weighted by molar-refractivity contribution is 0.253. The number of rotatable bonds is 6. The van der Waals surface area contributed by atoms with Gasteiger partial charge >= 0.3 is 0 Å². The summed E-state index contributed by atoms with van der Waals surface area (Å²) in [6, 6.07) is 4.95. The molecule has 1 aromatic rings. The molecule has 94 valence electrons. The van der Waals surface area contributed by atoms with Crippen molar-refractivity contribution in [1.82, 2.24) is 0 Å². The third kappa shape index (κ3) is 3.86. The predicted molar refractivity (Wildman–Crippen MR) is 68.7 cm³/mol. The molecule has 0 amide bonds. The monoisotopic (exact) mass is 237 g/mol. The summed E-state index contributed by atoms with van der Waals surface area (Å²) in [7, 11) is 0. The molecule has 2 N–H and O–H groups in total. The third-order valence-corrected chi connectivity index (χ3v) is 2.69. The highest BCUT2D eigenvalue weighted by molar-refractivity contribution is 5.36. The first-order chi connectivity index (χ1) is 8.08. The second-order valence-electron chi connectivity index (χ2n) is 4.16. The number of benzene rings is 1. The summed E-state index contributed by atoms with van der Waals surface area (Å²) in [5, 5.41) is 0. The van der Waals surface area contributed by atoms with Gasteiger partial charge in [0.2, 0.25) is 0 Å². The van der Waals surface area contributed by atoms with Crippen molar-refractivity contribution in [3.05, 3.63) is 42.2 Å². The van der Waals surface area contributed by atoms with E-state index in [2.05, 4.69) is 6.58 Å². The molecule has 2 atom stereocenters. The van der Waals surface area contributed by atoms with Gasteiger partial charge in [-0.2, -0.15) is 0 Å². The molecule has 0 heterocycles. The van der Waals surface area contributed by atoms with Gasteiger partial charge in [0.1, 0.15) is 6.10 Å². The first-order valence-corrected chi connectivity index (χ1v) is 5.90. The Morgan fingerprint density at radius 1 is 1.53 bits per heavy atom. The van der Waals surface area contributed by atoms with Crippen LogP contribution in [0.1, 0.15) is 25.8 Å². The van der Waals surface area contributed by atoms with E-state index in [4.69, 9.17) is 10.5 Å². The summed E-state index contributed by atoms with van der Waals surface area (Å²) in [5.74, 6) is -0.0525. The Morgan fingerprint density at radius 2 is 2.24 bits per heavy atom. The number of hydrogen-bond acceptors (Lipinski definition) is 2. The Morgan fingerprint density at radius 3 is 2.82 bits per heavy atom. The number of para-hydroxylation sites is 1. The minimum atomic E-state index is -0.348. The fourth-order valence-corrected chi connectivity index (χ4v) is 1.51. The van der Waals surface area contributed by atoms with E-state index >= 15 is 0 Å². The van der Waals surface area contributed by atoms with Crippen LogP contribution in [0, 0.1) is 5.82 Å². The minimum Gasteiger partial charge on any atom is -0.483 e. The zero-order valence-corrected chi connectivity index (χ0v) is 10.4. The van der Waals surface area contributed by atoms with Crippen LogP contribution >= 0.6 is 0 Å². The fourth-order valence-electron chi connectivity index (χ4n) is 1.51. The van der Waals surface area contributed by atoms with Gasteiger partial charge in [0.05, 0.1) is 0 Å². The van der Waals surface area contributed by atoms with Crippen LogP contribution in [0.3, 0.4) is 0 Å². The molecule has 0 fully saturated rings. The third-order valence-electron chi connectivity index (χ3n) is 2.69. The highest BCUT2D eigenvalue weighted by Crippen LogP contribution is 2.25. The second kappa shape index (κ2) is 6.40. The standard InChI is InChI=1S/C14H20FNO/c1-4-10(3)17-14-11(9-12(16)5-2)7-6-8-13(14)15/h4,6-8,10,12H,1,5,9,16H2,2-3H3. The van der Waals surface area contributed by atoms with Gasteiger partial charge in [0.25, 0.3) is 0 Å². The van der Waals surface area contributed by atoms with Crippen LogP contribution in [0.5, 0.6) is 5.75 Å². The molecule has 0 aliphatic carbocycles. The average Bonchev–Trinajstić information content (AvgIpc) is 2.33. The Bertz CT molecular complexity index is 378. The minimum absolute atomic E-state index is 0.0261. The van der Waals surface area contributed by atoms with Crippen LogP contribution in [-0.2, 0) is 6.42 Å². The van der Waals surface area contributed by atoms with Crippen molar-refractivity contribution in [2.24, 2.45) is 5.73 Å². The lowest BCUT2D eigenvalue weighted by atomic mass is 10.0. The lowest BCUT2D eigenvalue weighted by Crippen LogP contribution is -2.22. The van der Waals surface area contributed by atoms with Crippen LogP contribution in [-0.4, -0.2) is 12.1 Å². The highest BCUT2D eigenvalue weighted by Gasteiger charge is 2.13. The first-order valence-electron chi connectivity index (χ1n) is 5.90. The Kier molecular flexibility index (Phi) is 5.16. The second-order valence-corrected chi connectivity index (χ2v) is 4.16. The molecule has 0 bridgehead atoms. The van der Waals surface area contributed by atoms with Crippen molar-refractivity contribution >= 4 is 0 Å². The molecule has 1 aromatic carbocycles. The van der Waals surface area contributed by atoms with Crippen molar-refractivity contribution in [2.75, 3.05) is 0 Å². The molecule has 0 aliphatic heterocycles. The van der Waals surface area contributed by atoms with E-state index < -0.39 is 0 Å². The topological polar surface area (TPSA) is 35.2 Å². The molecule has 3 heteroatoms. The molecule has 0 radical (unpaired) electrons. The van der Waals surface area contributed by atoms with Crippen LogP contribution in [0.15, 0.2) is 30.9 Å². The fraction of sp³-hybridized carbons (Fsp3) is 0.429. The molecule has 0 spiro atoms. The molecule has 0 saturated carbocycles. The van der Waals surface area contributed by atoms with Crippen LogP contribution in [0.4, 0.5) is 4.39 Å². The molecule has 0 aromatic heterocycles. The maximum absolute atomic E-state index is 13.7. The average molecular weight is 237 g/mol. The highest BCUT2D eigenvalue weighted by atomic mass is 19.1. The normalized spacial score (nSPS) is 14.1. The Balaban J connectivity index is 2.95. The van der Waals surface area contributed by atoms with E-state index in [1.807, 2.05) is 19.9 Å². The number of halogens is 1. The Hall–Kier alpha value is -1.35. The molecular formula is C14H20FNO. The van der Waals surface area contributed by atoms with Gasteiger partial charge in [0, 0.05) is 6.04 Å². The molecule has 2 nitrogen and oxygen atoms in total. The van der Waals surface area contributed by atoms with Gasteiger partial charge in [-0.15, -0.1) is 0 Å². The molecule has 1 rings (SSSR count). The van der Waals surface area contributed by atoms with E-state index in [9.17, 15) is 4.39 Å². The van der Waals surface area contributed by atoms with Crippen LogP contribution in [0.2, 0.25) is 0 Å². The zero-order valence-electron chi connectivity index (χ0n) is 10.4. The van der Waals surface area contributed by atoms with Crippen LogP contribution < -0.4 is 10.5 Å². The first kappa shape index (κ1) is 13.7. The summed E-state index contributed by atoms with van der Waals surface area (Å²) in [6.45, 7) is 7.45. The van der Waals surface area contributed by atoms with Crippen molar-refractivity contribution < 1.29 is 9.13 Å². The molecule has 0 aliphatic rings. The van der Waals surface area contributed by atoms with Crippen LogP contribution in [0.25, 0.3) is 0 Å². The van der Waals surface area contributed by atoms with E-state index in [1.54, 1.807) is 12.1 Å². The summed E-state index contributed by atoms with van der Waals surface area (Å²) in [4.78, 5) is 0. The van der Waals surface area contributed by atoms with Crippen molar-refractivity contribution in [3.8, 4) is 5.75 Å². The Labute approximate surface area is 102 Å². The summed E-state index contributed by atoms with van der Waals surface area (Å²) in [6.07, 6.45) is 2.89. The summed E-state index contributed by atoms with van der Waals surface area (Å²) >= 11 is 0. The maximum atomic E-state index is 13.7. The van der Waals surface area contributed by atoms with E-state index in [0.717, 1.165) is 12.0 Å². The largest absolute Gasteiger partial charge is 0.483 e. The van der Waals surface area contributed by atoms with Gasteiger partial charge in [-0.1, -0.05) is 31.7 Å². The summed E-state index contributed by atoms with van der Waals surface area (Å²) < 4.78 is 19.2. The molecule has 17 heavy (non-hydrogen) atoms. The lowest BCUT2D eigenvalue weighted by Gasteiger charge is -2.17. The predicted octanol–water partition coefficient (Wildman–Crippen LogP) is 3.06. The maximum Gasteiger partial charge on any atom is 0.165 e. The summed E-state index contributed by atoms with van der Waals surface area (Å²) in [5.41, 5.74) is 6.70. The van der Waals surface area contributed by atoms with Crippen molar-refractivity contribution in [2.45, 2.75) is 38.8 Å². The van der Waals surface area contributed by atoms with Gasteiger partial charge in [0.15, 0.2) is 11.6 Å². The number of nitrogens with two attached hydrogens (primary N) is 1. The van der Waals surface area contributed by atoms with Gasteiger partial charge in [-0.05, 0) is 31.4 Å². The van der Waals surface area contributed by atoms with Gasteiger partial charge in [-0.3, -0.25) is 0 Å². The van der Waals surface area contributed by atoms with E-state index in [1.165, 1.54) is 6.07 Å². The zero-order chi connectivity index (χ0) is 12.8. The van der Waals surface area contributed by atoms with Crippen molar-refractivity contribution in [3.63, 3.8) is 0 Å². The molecule has 2 unspecified atom stereocenters. The van der Waals surface area contributed by atoms with Gasteiger partial charge < -0.3 is 10.5 Å². The SMILES string of the molecule is C=CC(C)Oc1c(F)cccc1CC(N)CC. The number of hydrogen-bond donors (Lipinski definition) is 1.